The van der Waals surface area contributed by atoms with Gasteiger partial charge in [0.15, 0.2) is 0 Å². The van der Waals surface area contributed by atoms with Crippen LogP contribution in [-0.2, 0) is 11.2 Å². The van der Waals surface area contributed by atoms with Crippen LogP contribution < -0.4 is 0 Å². The van der Waals surface area contributed by atoms with E-state index >= 15 is 0 Å². The number of carbonyl (C=O) groups excluding carboxylic acids is 1. The second-order valence-electron chi connectivity index (χ2n) is 3.14. The first kappa shape index (κ1) is 10.5. The third-order valence-electron chi connectivity index (χ3n) is 2.15. The number of furan rings is 1. The fourth-order valence-corrected chi connectivity index (χ4v) is 1.27. The fourth-order valence-electron chi connectivity index (χ4n) is 1.27. The van der Waals surface area contributed by atoms with Crippen LogP contribution in [0, 0.1) is 17.2 Å². The maximum absolute atomic E-state index is 11.4. The number of nitrogens with zero attached hydrogens (tertiary/aromatic N) is 1. The molecule has 0 saturated heterocycles. The Kier molecular flexibility index (Phi) is 3.93. The zero-order valence-electron chi connectivity index (χ0n) is 8.19. The molecule has 0 saturated carbocycles. The van der Waals surface area contributed by atoms with Crippen molar-refractivity contribution in [1.29, 1.82) is 5.26 Å². The van der Waals surface area contributed by atoms with Gasteiger partial charge in [-0.2, -0.15) is 5.26 Å². The van der Waals surface area contributed by atoms with Crippen LogP contribution in [0.15, 0.2) is 22.8 Å². The van der Waals surface area contributed by atoms with Gasteiger partial charge in [-0.25, -0.2) is 0 Å². The van der Waals surface area contributed by atoms with Crippen LogP contribution in [0.4, 0.5) is 0 Å². The largest absolute Gasteiger partial charge is 0.469 e. The van der Waals surface area contributed by atoms with Gasteiger partial charge in [-0.3, -0.25) is 4.79 Å². The highest BCUT2D eigenvalue weighted by molar-refractivity contribution is 5.83. The molecule has 0 N–H and O–H groups in total. The number of carbonyl (C=O) groups is 1. The van der Waals surface area contributed by atoms with E-state index in [1.807, 2.05) is 19.1 Å². The number of hydrogen-bond acceptors (Lipinski definition) is 3. The molecule has 0 aliphatic carbocycles. The quantitative estimate of drug-likeness (QED) is 0.717. The van der Waals surface area contributed by atoms with Crippen LogP contribution in [0.1, 0.15) is 25.5 Å². The number of aryl methyl sites for hydroxylation is 1. The van der Waals surface area contributed by atoms with Crippen molar-refractivity contribution in [1.82, 2.24) is 0 Å². The number of hydrogen-bond donors (Lipinski definition) is 0. The van der Waals surface area contributed by atoms with Crippen LogP contribution in [0.25, 0.3) is 0 Å². The molecule has 0 bridgehead atoms. The molecule has 0 radical (unpaired) electrons. The number of rotatable bonds is 5. The highest BCUT2D eigenvalue weighted by Gasteiger charge is 2.15. The lowest BCUT2D eigenvalue weighted by Gasteiger charge is -2.02. The van der Waals surface area contributed by atoms with Gasteiger partial charge in [-0.15, -0.1) is 0 Å². The second-order valence-corrected chi connectivity index (χ2v) is 3.14. The average Bonchev–Trinajstić information content (AvgIpc) is 2.69. The van der Waals surface area contributed by atoms with E-state index in [1.165, 1.54) is 0 Å². The monoisotopic (exact) mass is 191 g/mol. The normalized spacial score (nSPS) is 12.0. The number of ketones is 1. The maximum Gasteiger partial charge on any atom is 0.150 e. The van der Waals surface area contributed by atoms with E-state index < -0.39 is 5.92 Å². The van der Waals surface area contributed by atoms with Crippen molar-refractivity contribution in [3.05, 3.63) is 24.2 Å². The molecule has 1 rings (SSSR count). The summed E-state index contributed by atoms with van der Waals surface area (Å²) in [6, 6.07) is 5.63. The first-order valence-electron chi connectivity index (χ1n) is 4.72. The molecular formula is C11H13NO2. The molecule has 1 atom stereocenters. The predicted octanol–water partition coefficient (Wildman–Crippen LogP) is 2.33. The predicted molar refractivity (Wildman–Crippen MR) is 51.4 cm³/mol. The van der Waals surface area contributed by atoms with Crippen LogP contribution >= 0.6 is 0 Å². The van der Waals surface area contributed by atoms with Gasteiger partial charge < -0.3 is 4.42 Å². The Morgan fingerprint density at radius 1 is 1.71 bits per heavy atom. The van der Waals surface area contributed by atoms with Crippen molar-refractivity contribution < 1.29 is 9.21 Å². The zero-order chi connectivity index (χ0) is 10.4. The zero-order valence-corrected chi connectivity index (χ0v) is 8.19. The van der Waals surface area contributed by atoms with Gasteiger partial charge in [-0.05, 0) is 18.6 Å². The number of Topliss-reactive ketones (excluding diaryl/α,β-unsaturated/α-hetero) is 1. The Hall–Kier alpha value is -1.56. The Morgan fingerprint density at radius 3 is 3.00 bits per heavy atom. The van der Waals surface area contributed by atoms with Gasteiger partial charge in [0.1, 0.15) is 17.5 Å². The summed E-state index contributed by atoms with van der Waals surface area (Å²) < 4.78 is 5.10. The SMILES string of the molecule is CCC(C#N)C(=O)CCc1ccco1. The van der Waals surface area contributed by atoms with Crippen molar-refractivity contribution in [3.63, 3.8) is 0 Å². The van der Waals surface area contributed by atoms with Gasteiger partial charge in [0.25, 0.3) is 0 Å². The topological polar surface area (TPSA) is 54.0 Å². The lowest BCUT2D eigenvalue weighted by atomic mass is 9.99. The highest BCUT2D eigenvalue weighted by Crippen LogP contribution is 2.09. The molecule has 0 fully saturated rings. The fraction of sp³-hybridized carbons (Fsp3) is 0.455. The third kappa shape index (κ3) is 2.74. The smallest absolute Gasteiger partial charge is 0.150 e. The van der Waals surface area contributed by atoms with E-state index in [0.717, 1.165) is 5.76 Å². The van der Waals surface area contributed by atoms with E-state index in [9.17, 15) is 4.79 Å². The minimum absolute atomic E-state index is 0.00593. The summed E-state index contributed by atoms with van der Waals surface area (Å²) in [5.74, 6) is 0.350. The summed E-state index contributed by atoms with van der Waals surface area (Å²) >= 11 is 0. The summed E-state index contributed by atoms with van der Waals surface area (Å²) in [6.07, 6.45) is 3.15. The van der Waals surface area contributed by atoms with Gasteiger partial charge in [0, 0.05) is 12.8 Å². The van der Waals surface area contributed by atoms with Gasteiger partial charge in [-0.1, -0.05) is 6.92 Å². The standard InChI is InChI=1S/C11H13NO2/c1-2-9(8-12)11(13)6-5-10-4-3-7-14-10/h3-4,7,9H,2,5-6H2,1H3. The first-order valence-corrected chi connectivity index (χ1v) is 4.72. The van der Waals surface area contributed by atoms with E-state index in [4.69, 9.17) is 9.68 Å². The highest BCUT2D eigenvalue weighted by atomic mass is 16.3. The molecule has 3 nitrogen and oxygen atoms in total. The molecular weight excluding hydrogens is 178 g/mol. The first-order chi connectivity index (χ1) is 6.77. The van der Waals surface area contributed by atoms with Crippen molar-refractivity contribution >= 4 is 5.78 Å². The molecule has 1 aromatic rings. The molecule has 1 unspecified atom stereocenters. The summed E-state index contributed by atoms with van der Waals surface area (Å²) in [5.41, 5.74) is 0. The third-order valence-corrected chi connectivity index (χ3v) is 2.15. The average molecular weight is 191 g/mol. The lowest BCUT2D eigenvalue weighted by Crippen LogP contribution is -2.12. The molecule has 3 heteroatoms. The Labute approximate surface area is 83.3 Å². The minimum Gasteiger partial charge on any atom is -0.469 e. The van der Waals surface area contributed by atoms with Crippen LogP contribution in [0.5, 0.6) is 0 Å². The van der Waals surface area contributed by atoms with Crippen molar-refractivity contribution in [2.24, 2.45) is 5.92 Å². The van der Waals surface area contributed by atoms with Gasteiger partial charge in [0.05, 0.1) is 12.3 Å². The van der Waals surface area contributed by atoms with Gasteiger partial charge in [0.2, 0.25) is 0 Å². The summed E-state index contributed by atoms with van der Waals surface area (Å²) in [6.45, 7) is 1.85. The van der Waals surface area contributed by atoms with E-state index in [0.29, 0.717) is 19.3 Å². The number of nitriles is 1. The van der Waals surface area contributed by atoms with E-state index in [-0.39, 0.29) is 5.78 Å². The second kappa shape index (κ2) is 5.23. The molecule has 14 heavy (non-hydrogen) atoms. The minimum atomic E-state index is -0.454. The summed E-state index contributed by atoms with van der Waals surface area (Å²) in [4.78, 5) is 11.4. The summed E-state index contributed by atoms with van der Waals surface area (Å²) in [5, 5.41) is 8.66. The van der Waals surface area contributed by atoms with E-state index in [2.05, 4.69) is 0 Å². The molecule has 0 amide bonds. The molecule has 0 aliphatic heterocycles. The molecule has 0 aromatic carbocycles. The van der Waals surface area contributed by atoms with Crippen LogP contribution in [0.2, 0.25) is 0 Å². The van der Waals surface area contributed by atoms with Crippen molar-refractivity contribution in [3.8, 4) is 6.07 Å². The molecule has 1 heterocycles. The van der Waals surface area contributed by atoms with Gasteiger partial charge >= 0.3 is 0 Å². The van der Waals surface area contributed by atoms with E-state index in [1.54, 1.807) is 12.3 Å². The Morgan fingerprint density at radius 2 is 2.50 bits per heavy atom. The molecule has 1 aromatic heterocycles. The van der Waals surface area contributed by atoms with Crippen LogP contribution in [-0.4, -0.2) is 5.78 Å². The van der Waals surface area contributed by atoms with Crippen LogP contribution in [0.3, 0.4) is 0 Å². The maximum atomic E-state index is 11.4. The molecule has 0 aliphatic rings. The summed E-state index contributed by atoms with van der Waals surface area (Å²) in [7, 11) is 0. The Bertz CT molecular complexity index is 322. The molecule has 0 spiro atoms. The molecule has 74 valence electrons. The van der Waals surface area contributed by atoms with Crippen molar-refractivity contribution in [2.75, 3.05) is 0 Å². The lowest BCUT2D eigenvalue weighted by molar-refractivity contribution is -0.121. The Balaban J connectivity index is 2.39. The van der Waals surface area contributed by atoms with Crippen molar-refractivity contribution in [2.45, 2.75) is 26.2 Å².